The molecule has 390 valence electrons. The van der Waals surface area contributed by atoms with Crippen molar-refractivity contribution < 1.29 is 70.1 Å². The summed E-state index contributed by atoms with van der Waals surface area (Å²) in [5.74, 6) is -4.84. The Bertz CT molecular complexity index is 2340. The lowest BCUT2D eigenvalue weighted by molar-refractivity contribution is -0.150. The molecule has 2 aromatic carbocycles. The average molecular weight is 1040 g/mol. The number of carboxylic acids is 2. The fourth-order valence-corrected chi connectivity index (χ4v) is 8.44. The molecule has 9 N–H and O–H groups in total. The average Bonchev–Trinajstić information content (AvgIpc) is 3.27. The molecule has 0 heterocycles. The fourth-order valence-electron chi connectivity index (χ4n) is 6.71. The van der Waals surface area contributed by atoms with Gasteiger partial charge in [0.25, 0.3) is 0 Å². The van der Waals surface area contributed by atoms with Crippen LogP contribution in [0.2, 0.25) is 0 Å². The molecule has 0 aromatic heterocycles. The highest BCUT2D eigenvalue weighted by Gasteiger charge is 2.35. The minimum absolute atomic E-state index is 0.00543. The molecule has 4 amide bonds. The highest BCUT2D eigenvalue weighted by atomic mass is 32.2. The summed E-state index contributed by atoms with van der Waals surface area (Å²) in [5, 5.41) is 37.3. The first-order chi connectivity index (χ1) is 32.7. The van der Waals surface area contributed by atoms with E-state index in [4.69, 9.17) is 15.0 Å². The molecule has 0 bridgehead atoms. The second-order valence-electron chi connectivity index (χ2n) is 16.3. The number of hydrogen-bond donors (Lipinski definition) is 7. The Labute approximate surface area is 412 Å². The SMILES string of the molecule is CN[C@@H](CNC(=O)CCOCCCC(=O)CN(CCN(CC(=O)O)CC(=O)Nc1ccc(S(N)(=O)=O)cc1)CC(=O)Cc1ccc(S(N)(=O)=O)cc1)C(=O)N(C)[C@@H](CC(=O)O)C(=O)N(C)[C@H](C)CSC. The summed E-state index contributed by atoms with van der Waals surface area (Å²) < 4.78 is 52.1. The zero-order chi connectivity index (χ0) is 52.8. The van der Waals surface area contributed by atoms with Crippen LogP contribution in [0.25, 0.3) is 0 Å². The van der Waals surface area contributed by atoms with Crippen molar-refractivity contribution in [3.05, 3.63) is 54.1 Å². The van der Waals surface area contributed by atoms with Crippen LogP contribution in [-0.2, 0) is 69.6 Å². The second kappa shape index (κ2) is 29.7. The lowest BCUT2D eigenvalue weighted by Crippen LogP contribution is -2.57. The first-order valence-electron chi connectivity index (χ1n) is 21.8. The molecule has 0 saturated heterocycles. The van der Waals surface area contributed by atoms with E-state index in [2.05, 4.69) is 16.0 Å². The summed E-state index contributed by atoms with van der Waals surface area (Å²) in [4.78, 5) is 107. The van der Waals surface area contributed by atoms with Gasteiger partial charge in [0.15, 0.2) is 5.78 Å². The smallest absolute Gasteiger partial charge is 0.317 e. The molecule has 3 atom stereocenters. The Morgan fingerprint density at radius 1 is 0.714 bits per heavy atom. The number of Topliss-reactive ketones (excluding diaryl/α,β-unsaturated/α-hetero) is 2. The van der Waals surface area contributed by atoms with Crippen molar-refractivity contribution in [2.75, 3.05) is 97.5 Å². The monoisotopic (exact) mass is 1040 g/mol. The number of carbonyl (C=O) groups is 8. The third kappa shape index (κ3) is 22.6. The first kappa shape index (κ1) is 60.7. The number of nitrogens with one attached hydrogen (secondary N) is 3. The Morgan fingerprint density at radius 3 is 1.80 bits per heavy atom. The molecule has 2 aromatic rings. The Morgan fingerprint density at radius 2 is 1.27 bits per heavy atom. The third-order valence-electron chi connectivity index (χ3n) is 10.6. The van der Waals surface area contributed by atoms with Crippen LogP contribution >= 0.6 is 11.8 Å². The summed E-state index contributed by atoms with van der Waals surface area (Å²) in [6.45, 7) is 0.0107. The molecule has 70 heavy (non-hydrogen) atoms. The maximum atomic E-state index is 13.4. The number of benzene rings is 2. The Hall–Kier alpha value is -5.39. The lowest BCUT2D eigenvalue weighted by atomic mass is 10.1. The van der Waals surface area contributed by atoms with E-state index in [-0.39, 0.29) is 105 Å². The molecule has 0 aliphatic heterocycles. The first-order valence-corrected chi connectivity index (χ1v) is 26.2. The fraction of sp³-hybridized carbons (Fsp3) is 0.535. The van der Waals surface area contributed by atoms with Gasteiger partial charge in [-0.05, 0) is 68.6 Å². The van der Waals surface area contributed by atoms with Gasteiger partial charge in [-0.15, -0.1) is 0 Å². The van der Waals surface area contributed by atoms with E-state index in [1.54, 1.807) is 7.05 Å². The van der Waals surface area contributed by atoms with E-state index in [0.717, 1.165) is 4.90 Å². The van der Waals surface area contributed by atoms with E-state index in [1.165, 1.54) is 89.1 Å². The molecule has 2 rings (SSSR count). The van der Waals surface area contributed by atoms with E-state index >= 15 is 0 Å². The van der Waals surface area contributed by atoms with Gasteiger partial charge in [-0.25, -0.2) is 27.1 Å². The molecular weight excluding hydrogens is 979 g/mol. The Balaban J connectivity index is 1.99. The number of thioether (sulfide) groups is 1. The maximum Gasteiger partial charge on any atom is 0.317 e. The van der Waals surface area contributed by atoms with Gasteiger partial charge in [0.1, 0.15) is 17.9 Å². The summed E-state index contributed by atoms with van der Waals surface area (Å²) in [5.41, 5.74) is 0.680. The number of sulfonamides is 2. The predicted octanol–water partition coefficient (Wildman–Crippen LogP) is -1.61. The molecule has 24 nitrogen and oxygen atoms in total. The molecule has 0 aliphatic carbocycles. The standard InChI is InChI=1S/C43H65N9O15S3/c1-29(28-68-5)49(3)43(62)37(22-40(57)58)50(4)42(61)36(46-2)23-47-38(55)16-20-67-19-6-7-32(53)24-51(25-33(54)21-30-8-12-34(13-9-30)69(44,63)64)17-18-52(27-41(59)60)26-39(56)48-31-10-14-35(15-11-31)70(45,65)66/h8-15,29,36-37,46H,6-7,16-28H2,1-5H3,(H,47,55)(H,48,56)(H,57,58)(H,59,60)(H2,44,63,64)(H2,45,65,66)/t29-,36+,37+/m1/s1. The zero-order valence-corrected chi connectivity index (χ0v) is 42.3. The number of ketones is 2. The van der Waals surface area contributed by atoms with Crippen LogP contribution in [0.4, 0.5) is 5.69 Å². The van der Waals surface area contributed by atoms with Gasteiger partial charge < -0.3 is 40.7 Å². The van der Waals surface area contributed by atoms with E-state index in [1.807, 2.05) is 13.2 Å². The van der Waals surface area contributed by atoms with E-state index in [9.17, 15) is 65.4 Å². The molecule has 0 fully saturated rings. The molecule has 0 spiro atoms. The van der Waals surface area contributed by atoms with Gasteiger partial charge in [0.2, 0.25) is 43.7 Å². The van der Waals surface area contributed by atoms with Gasteiger partial charge in [-0.3, -0.25) is 48.2 Å². The largest absolute Gasteiger partial charge is 0.481 e. The van der Waals surface area contributed by atoms with Crippen LogP contribution < -0.4 is 26.2 Å². The maximum absolute atomic E-state index is 13.4. The van der Waals surface area contributed by atoms with Crippen molar-refractivity contribution in [3.63, 3.8) is 0 Å². The number of likely N-dealkylation sites (N-methyl/N-ethyl adjacent to an activating group) is 3. The van der Waals surface area contributed by atoms with Gasteiger partial charge in [-0.2, -0.15) is 11.8 Å². The minimum atomic E-state index is -3.98. The van der Waals surface area contributed by atoms with Gasteiger partial charge in [0, 0.05) is 77.1 Å². The number of carbonyl (C=O) groups excluding carboxylic acids is 6. The second-order valence-corrected chi connectivity index (χ2v) is 20.3. The van der Waals surface area contributed by atoms with E-state index < -0.39 is 87.2 Å². The number of nitrogens with two attached hydrogens (primary N) is 2. The van der Waals surface area contributed by atoms with Crippen molar-refractivity contribution in [1.82, 2.24) is 30.2 Å². The summed E-state index contributed by atoms with van der Waals surface area (Å²) in [6, 6.07) is 7.84. The number of hydrogen-bond acceptors (Lipinski definition) is 17. The molecular formula is C43H65N9O15S3. The molecule has 27 heteroatoms. The highest BCUT2D eigenvalue weighted by molar-refractivity contribution is 7.98. The van der Waals surface area contributed by atoms with Crippen LogP contribution in [0.3, 0.4) is 0 Å². The van der Waals surface area contributed by atoms with Gasteiger partial charge in [0.05, 0.1) is 49.0 Å². The summed E-state index contributed by atoms with van der Waals surface area (Å²) in [7, 11) is -3.60. The van der Waals surface area contributed by atoms with Crippen molar-refractivity contribution in [3.8, 4) is 0 Å². The van der Waals surface area contributed by atoms with Gasteiger partial charge >= 0.3 is 11.9 Å². The van der Waals surface area contributed by atoms with Crippen LogP contribution in [0, 0.1) is 0 Å². The molecule has 0 unspecified atom stereocenters. The van der Waals surface area contributed by atoms with Crippen LogP contribution in [0.5, 0.6) is 0 Å². The third-order valence-corrected chi connectivity index (χ3v) is 13.3. The summed E-state index contributed by atoms with van der Waals surface area (Å²) >= 11 is 1.51. The van der Waals surface area contributed by atoms with Crippen molar-refractivity contribution in [1.29, 1.82) is 0 Å². The summed E-state index contributed by atoms with van der Waals surface area (Å²) in [6.07, 6.45) is 1.23. The number of aliphatic carboxylic acids is 2. The van der Waals surface area contributed by atoms with Crippen LogP contribution in [0.15, 0.2) is 58.3 Å². The van der Waals surface area contributed by atoms with Crippen LogP contribution in [-0.4, -0.2) is 204 Å². The highest BCUT2D eigenvalue weighted by Crippen LogP contribution is 2.15. The van der Waals surface area contributed by atoms with Crippen molar-refractivity contribution in [2.45, 2.75) is 66.9 Å². The number of primary sulfonamides is 2. The molecule has 0 radical (unpaired) electrons. The van der Waals surface area contributed by atoms with Crippen molar-refractivity contribution in [2.24, 2.45) is 10.3 Å². The van der Waals surface area contributed by atoms with Crippen LogP contribution in [0.1, 0.15) is 38.2 Å². The minimum Gasteiger partial charge on any atom is -0.481 e. The number of amides is 4. The number of anilines is 1. The predicted molar refractivity (Wildman–Crippen MR) is 258 cm³/mol. The topological polar surface area (TPSA) is 356 Å². The van der Waals surface area contributed by atoms with Crippen molar-refractivity contribution >= 4 is 84.6 Å². The molecule has 0 saturated carbocycles. The van der Waals surface area contributed by atoms with Gasteiger partial charge in [-0.1, -0.05) is 12.1 Å². The number of ether oxygens (including phenoxy) is 1. The number of rotatable bonds is 34. The Kier molecular flexibility index (Phi) is 25.8. The molecule has 0 aliphatic rings. The normalized spacial score (nSPS) is 13.0. The lowest BCUT2D eigenvalue weighted by Gasteiger charge is -2.34. The van der Waals surface area contributed by atoms with E-state index in [0.29, 0.717) is 11.3 Å². The quantitative estimate of drug-likeness (QED) is 0.0388. The number of nitrogens with zero attached hydrogens (tertiary/aromatic N) is 4. The number of carboxylic acid groups (broad SMARTS) is 2. The zero-order valence-electron chi connectivity index (χ0n) is 39.8.